The Labute approximate surface area is 150 Å². The molecule has 0 radical (unpaired) electrons. The van der Waals surface area contributed by atoms with E-state index in [2.05, 4.69) is 32.5 Å². The van der Waals surface area contributed by atoms with Crippen molar-refractivity contribution >= 4 is 23.6 Å². The maximum Gasteiger partial charge on any atom is 0.295 e. The molecule has 0 N–H and O–H groups in total. The molecule has 0 aliphatic heterocycles. The van der Waals surface area contributed by atoms with E-state index in [-0.39, 0.29) is 5.12 Å². The molecule has 0 saturated carbocycles. The van der Waals surface area contributed by atoms with Crippen molar-refractivity contribution in [3.63, 3.8) is 0 Å². The number of carbonyl (C=O) groups is 1. The molecule has 0 aromatic carbocycles. The summed E-state index contributed by atoms with van der Waals surface area (Å²) in [5, 5.41) is 3.79. The highest BCUT2D eigenvalue weighted by molar-refractivity contribution is 7.97. The van der Waals surface area contributed by atoms with Crippen molar-refractivity contribution < 1.29 is 4.79 Å². The van der Waals surface area contributed by atoms with Crippen molar-refractivity contribution in [1.82, 2.24) is 19.7 Å². The van der Waals surface area contributed by atoms with Gasteiger partial charge in [0.1, 0.15) is 5.69 Å². The lowest BCUT2D eigenvalue weighted by Gasteiger charge is -2.24. The molecule has 0 bridgehead atoms. The zero-order chi connectivity index (χ0) is 18.0. The standard InChI is InChI=1S/C18H15N5OS/c1-18(2,13-7-4-6-12(20-13)17(24)25)14-8-5-9-16(21-14)23-11-10-15(19-3)22-23/h4-11H,1-2H3,(H,24,25). The normalized spacial score (nSPS) is 11.1. The van der Waals surface area contributed by atoms with Crippen LogP contribution in [-0.4, -0.2) is 24.9 Å². The lowest BCUT2D eigenvalue weighted by molar-refractivity contribution is 0.108. The first-order chi connectivity index (χ1) is 11.9. The van der Waals surface area contributed by atoms with Gasteiger partial charge in [-0.25, -0.2) is 9.97 Å². The lowest BCUT2D eigenvalue weighted by Crippen LogP contribution is -2.23. The van der Waals surface area contributed by atoms with E-state index >= 15 is 0 Å². The second-order valence-corrected chi connectivity index (χ2v) is 6.36. The summed E-state index contributed by atoms with van der Waals surface area (Å²) < 4.78 is 1.56. The number of aromatic nitrogens is 4. The molecule has 0 spiro atoms. The predicted molar refractivity (Wildman–Crippen MR) is 97.3 cm³/mol. The van der Waals surface area contributed by atoms with Crippen LogP contribution in [0.2, 0.25) is 0 Å². The van der Waals surface area contributed by atoms with Gasteiger partial charge in [0.2, 0.25) is 5.12 Å². The van der Waals surface area contributed by atoms with Gasteiger partial charge in [-0.15, -0.1) is 4.68 Å². The topological polar surface area (TPSA) is 65.0 Å². The molecule has 0 amide bonds. The molecule has 25 heavy (non-hydrogen) atoms. The molecular weight excluding hydrogens is 334 g/mol. The van der Waals surface area contributed by atoms with Gasteiger partial charge in [0.25, 0.3) is 5.82 Å². The summed E-state index contributed by atoms with van der Waals surface area (Å²) in [6.45, 7) is 11.0. The largest absolute Gasteiger partial charge is 0.359 e. The third-order valence-corrected chi connectivity index (χ3v) is 4.14. The van der Waals surface area contributed by atoms with Gasteiger partial charge in [-0.05, 0) is 49.3 Å². The summed E-state index contributed by atoms with van der Waals surface area (Å²) in [5.74, 6) is 0.926. The fourth-order valence-corrected chi connectivity index (χ4v) is 2.56. The third kappa shape index (κ3) is 3.30. The summed E-state index contributed by atoms with van der Waals surface area (Å²) in [4.78, 5) is 23.9. The Hall–Kier alpha value is -2.98. The van der Waals surface area contributed by atoms with Crippen LogP contribution in [-0.2, 0) is 5.41 Å². The van der Waals surface area contributed by atoms with Gasteiger partial charge in [-0.3, -0.25) is 4.79 Å². The van der Waals surface area contributed by atoms with E-state index in [9.17, 15) is 4.79 Å². The summed E-state index contributed by atoms with van der Waals surface area (Å²) in [7, 11) is 0. The van der Waals surface area contributed by atoms with Crippen LogP contribution in [0.1, 0.15) is 35.7 Å². The van der Waals surface area contributed by atoms with Gasteiger partial charge in [0, 0.05) is 11.6 Å². The minimum absolute atomic E-state index is 0.304. The van der Waals surface area contributed by atoms with E-state index in [4.69, 9.17) is 6.57 Å². The number of rotatable bonds is 4. The van der Waals surface area contributed by atoms with E-state index in [0.717, 1.165) is 11.4 Å². The van der Waals surface area contributed by atoms with Crippen LogP contribution in [0.15, 0.2) is 48.7 Å². The SMILES string of the molecule is [C-]#[N+]c1ccn(-c2cccc(C(C)(C)c3cccc(C(=O)S)n3)n2)n1. The number of hydrogen-bond donors (Lipinski definition) is 1. The maximum absolute atomic E-state index is 11.5. The predicted octanol–water partition coefficient (Wildman–Crippen LogP) is 3.61. The molecule has 0 fully saturated rings. The van der Waals surface area contributed by atoms with Gasteiger partial charge in [-0.2, -0.15) is 0 Å². The van der Waals surface area contributed by atoms with E-state index in [1.165, 1.54) is 0 Å². The Kier molecular flexibility index (Phi) is 4.38. The highest BCUT2D eigenvalue weighted by Crippen LogP contribution is 2.29. The molecule has 3 aromatic rings. The fraction of sp³-hybridized carbons (Fsp3) is 0.167. The van der Waals surface area contributed by atoms with Crippen LogP contribution in [0, 0.1) is 6.57 Å². The van der Waals surface area contributed by atoms with Gasteiger partial charge in [0.15, 0.2) is 5.82 Å². The van der Waals surface area contributed by atoms with Gasteiger partial charge in [-0.1, -0.05) is 31.3 Å². The van der Waals surface area contributed by atoms with Crippen molar-refractivity contribution in [2.45, 2.75) is 19.3 Å². The van der Waals surface area contributed by atoms with Crippen molar-refractivity contribution in [3.8, 4) is 5.82 Å². The fourth-order valence-electron chi connectivity index (χ4n) is 2.43. The van der Waals surface area contributed by atoms with Crippen LogP contribution < -0.4 is 0 Å². The van der Waals surface area contributed by atoms with E-state index < -0.39 is 5.41 Å². The molecule has 0 unspecified atom stereocenters. The monoisotopic (exact) mass is 349 g/mol. The van der Waals surface area contributed by atoms with Crippen molar-refractivity contribution in [2.24, 2.45) is 0 Å². The molecule has 0 atom stereocenters. The number of carbonyl (C=O) groups excluding carboxylic acids is 1. The Morgan fingerprint density at radius 1 is 1.12 bits per heavy atom. The number of thiol groups is 1. The second-order valence-electron chi connectivity index (χ2n) is 5.95. The van der Waals surface area contributed by atoms with Gasteiger partial charge >= 0.3 is 0 Å². The molecule has 0 aliphatic carbocycles. The zero-order valence-corrected chi connectivity index (χ0v) is 14.6. The van der Waals surface area contributed by atoms with Gasteiger partial charge in [0.05, 0.1) is 11.4 Å². The van der Waals surface area contributed by atoms with Crippen molar-refractivity contribution in [1.29, 1.82) is 0 Å². The minimum Gasteiger partial charge on any atom is -0.359 e. The average molecular weight is 349 g/mol. The molecule has 124 valence electrons. The summed E-state index contributed by atoms with van der Waals surface area (Å²) in [5.41, 5.74) is 1.28. The molecule has 3 heterocycles. The molecule has 7 heteroatoms. The second kappa shape index (κ2) is 6.49. The Morgan fingerprint density at radius 3 is 2.44 bits per heavy atom. The highest BCUT2D eigenvalue weighted by Gasteiger charge is 2.27. The number of hydrogen-bond acceptors (Lipinski definition) is 4. The Morgan fingerprint density at radius 2 is 1.80 bits per heavy atom. The minimum atomic E-state index is -0.523. The number of pyridine rings is 2. The summed E-state index contributed by atoms with van der Waals surface area (Å²) >= 11 is 3.84. The molecule has 0 saturated heterocycles. The van der Waals surface area contributed by atoms with Crippen LogP contribution >= 0.6 is 12.6 Å². The zero-order valence-electron chi connectivity index (χ0n) is 13.7. The Balaban J connectivity index is 2.03. The van der Waals surface area contributed by atoms with E-state index in [1.807, 2.05) is 38.1 Å². The quantitative estimate of drug-likeness (QED) is 0.577. The van der Waals surface area contributed by atoms with Gasteiger partial charge < -0.3 is 4.85 Å². The van der Waals surface area contributed by atoms with E-state index in [1.54, 1.807) is 29.1 Å². The third-order valence-electron chi connectivity index (χ3n) is 3.91. The van der Waals surface area contributed by atoms with Crippen LogP contribution in [0.25, 0.3) is 10.7 Å². The maximum atomic E-state index is 11.5. The van der Waals surface area contributed by atoms with Crippen LogP contribution in [0.3, 0.4) is 0 Å². The smallest absolute Gasteiger partial charge is 0.295 e. The van der Waals surface area contributed by atoms with Crippen molar-refractivity contribution in [2.75, 3.05) is 0 Å². The summed E-state index contributed by atoms with van der Waals surface area (Å²) in [6, 6.07) is 12.5. The van der Waals surface area contributed by atoms with Crippen LogP contribution in [0.5, 0.6) is 0 Å². The molecular formula is C18H15N5OS. The molecule has 0 aliphatic rings. The average Bonchev–Trinajstić information content (AvgIpc) is 3.11. The van der Waals surface area contributed by atoms with E-state index in [0.29, 0.717) is 17.3 Å². The molecule has 3 aromatic heterocycles. The van der Waals surface area contributed by atoms with Crippen LogP contribution in [0.4, 0.5) is 5.82 Å². The Bertz CT molecular complexity index is 987. The van der Waals surface area contributed by atoms with Crippen molar-refractivity contribution in [3.05, 3.63) is 77.2 Å². The highest BCUT2D eigenvalue weighted by atomic mass is 32.1. The molecule has 6 nitrogen and oxygen atoms in total. The first kappa shape index (κ1) is 16.9. The first-order valence-electron chi connectivity index (χ1n) is 7.53. The summed E-state index contributed by atoms with van der Waals surface area (Å²) in [6.07, 6.45) is 1.70. The lowest BCUT2D eigenvalue weighted by atomic mass is 9.84. The molecule has 3 rings (SSSR count). The number of nitrogens with zero attached hydrogens (tertiary/aromatic N) is 5. The first-order valence-corrected chi connectivity index (χ1v) is 7.98.